The molecular weight excluding hydrogens is 413 g/mol. The topological polar surface area (TPSA) is 80.6 Å². The predicted molar refractivity (Wildman–Crippen MR) is 113 cm³/mol. The minimum absolute atomic E-state index is 0.0631. The highest BCUT2D eigenvalue weighted by molar-refractivity contribution is 5.95. The number of hydrogen-bond acceptors (Lipinski definition) is 5. The summed E-state index contributed by atoms with van der Waals surface area (Å²) in [5.41, 5.74) is 1.28. The first-order valence-corrected chi connectivity index (χ1v) is 10.6. The van der Waals surface area contributed by atoms with Crippen LogP contribution in [0.15, 0.2) is 54.7 Å². The Morgan fingerprint density at radius 3 is 2.69 bits per heavy atom. The molecule has 0 aliphatic carbocycles. The lowest BCUT2D eigenvalue weighted by atomic mass is 10.1. The Morgan fingerprint density at radius 1 is 1.12 bits per heavy atom. The Labute approximate surface area is 184 Å². The maximum atomic E-state index is 13.1. The molecule has 0 unspecified atom stereocenters. The number of rotatable bonds is 6. The van der Waals surface area contributed by atoms with E-state index in [0.29, 0.717) is 43.1 Å². The highest BCUT2D eigenvalue weighted by Crippen LogP contribution is 2.26. The normalized spacial score (nSPS) is 16.3. The quantitative estimate of drug-likeness (QED) is 0.595. The van der Waals surface area contributed by atoms with Crippen LogP contribution in [0.25, 0.3) is 0 Å². The molecule has 0 atom stereocenters. The van der Waals surface area contributed by atoms with Crippen LogP contribution >= 0.6 is 0 Å². The number of aromatic nitrogens is 3. The molecule has 0 spiro atoms. The number of amides is 2. The number of nitrogens with zero attached hydrogens (tertiary/aromatic N) is 5. The molecule has 3 aromatic rings. The molecule has 2 aromatic carbocycles. The number of hydrogen-bond donors (Lipinski definition) is 0. The van der Waals surface area contributed by atoms with Crippen LogP contribution in [0.2, 0.25) is 0 Å². The van der Waals surface area contributed by atoms with Gasteiger partial charge >= 0.3 is 0 Å². The second-order valence-electron chi connectivity index (χ2n) is 8.06. The molecule has 2 aliphatic rings. The zero-order valence-corrected chi connectivity index (χ0v) is 17.4. The van der Waals surface area contributed by atoms with E-state index in [1.807, 2.05) is 6.20 Å². The molecule has 0 bridgehead atoms. The fourth-order valence-electron chi connectivity index (χ4n) is 3.93. The number of likely N-dealkylation sites (tertiary alicyclic amines) is 2. The van der Waals surface area contributed by atoms with Crippen LogP contribution in [-0.2, 0) is 11.3 Å². The first-order valence-electron chi connectivity index (χ1n) is 10.6. The molecule has 9 heteroatoms. The Balaban J connectivity index is 1.18. The molecule has 3 heterocycles. The molecule has 2 fully saturated rings. The van der Waals surface area contributed by atoms with Crippen LogP contribution in [0.1, 0.15) is 34.9 Å². The molecule has 2 amide bonds. The molecule has 2 saturated heterocycles. The Bertz CT molecular complexity index is 1140. The highest BCUT2D eigenvalue weighted by Gasteiger charge is 2.33. The summed E-state index contributed by atoms with van der Waals surface area (Å²) in [6, 6.07) is 12.7. The van der Waals surface area contributed by atoms with E-state index < -0.39 is 0 Å². The van der Waals surface area contributed by atoms with Crippen molar-refractivity contribution in [1.29, 1.82) is 0 Å². The maximum absolute atomic E-state index is 13.1. The van der Waals surface area contributed by atoms with Gasteiger partial charge in [-0.1, -0.05) is 11.3 Å². The van der Waals surface area contributed by atoms with Crippen LogP contribution in [0.3, 0.4) is 0 Å². The number of ether oxygens (including phenoxy) is 1. The number of benzene rings is 2. The van der Waals surface area contributed by atoms with Crippen LogP contribution in [0.5, 0.6) is 11.5 Å². The first-order chi connectivity index (χ1) is 15.5. The highest BCUT2D eigenvalue weighted by atomic mass is 19.1. The van der Waals surface area contributed by atoms with Crippen molar-refractivity contribution in [2.45, 2.75) is 25.4 Å². The average Bonchev–Trinajstić information content (AvgIpc) is 3.38. The second-order valence-corrected chi connectivity index (χ2v) is 8.06. The van der Waals surface area contributed by atoms with Crippen molar-refractivity contribution in [1.82, 2.24) is 24.8 Å². The van der Waals surface area contributed by atoms with Crippen molar-refractivity contribution in [2.24, 2.45) is 0 Å². The largest absolute Gasteiger partial charge is 0.457 e. The summed E-state index contributed by atoms with van der Waals surface area (Å²) in [6.07, 6.45) is 3.35. The number of halogens is 1. The summed E-state index contributed by atoms with van der Waals surface area (Å²) in [4.78, 5) is 28.2. The molecule has 0 saturated carbocycles. The van der Waals surface area contributed by atoms with Crippen LogP contribution in [0.4, 0.5) is 4.39 Å². The van der Waals surface area contributed by atoms with Crippen molar-refractivity contribution in [3.05, 3.63) is 71.8 Å². The maximum Gasteiger partial charge on any atom is 0.254 e. The summed E-state index contributed by atoms with van der Waals surface area (Å²) < 4.78 is 20.6. The van der Waals surface area contributed by atoms with Crippen molar-refractivity contribution in [3.63, 3.8) is 0 Å². The molecule has 8 nitrogen and oxygen atoms in total. The minimum Gasteiger partial charge on any atom is -0.457 e. The average molecular weight is 435 g/mol. The zero-order chi connectivity index (χ0) is 22.1. The van der Waals surface area contributed by atoms with Gasteiger partial charge in [0.2, 0.25) is 5.91 Å². The van der Waals surface area contributed by atoms with Crippen molar-refractivity contribution in [3.8, 4) is 11.5 Å². The Kier molecular flexibility index (Phi) is 5.30. The third-order valence-electron chi connectivity index (χ3n) is 5.74. The molecule has 164 valence electrons. The van der Waals surface area contributed by atoms with E-state index in [2.05, 4.69) is 10.3 Å². The molecule has 0 radical (unpaired) electrons. The fourth-order valence-corrected chi connectivity index (χ4v) is 3.93. The van der Waals surface area contributed by atoms with Crippen LogP contribution in [0, 0.1) is 5.82 Å². The number of carbonyl (C=O) groups is 2. The predicted octanol–water partition coefficient (Wildman–Crippen LogP) is 3.03. The van der Waals surface area contributed by atoms with E-state index >= 15 is 0 Å². The van der Waals surface area contributed by atoms with Crippen LogP contribution in [-0.4, -0.2) is 56.2 Å². The van der Waals surface area contributed by atoms with Gasteiger partial charge in [0.25, 0.3) is 5.91 Å². The lowest BCUT2D eigenvalue weighted by molar-refractivity contribution is -0.128. The summed E-state index contributed by atoms with van der Waals surface area (Å²) in [5, 5.41) is 8.36. The van der Waals surface area contributed by atoms with E-state index in [0.717, 1.165) is 18.7 Å². The van der Waals surface area contributed by atoms with E-state index in [4.69, 9.17) is 4.74 Å². The standard InChI is InChI=1S/C23H22FN5O3/c24-17-6-8-20(9-7-17)32-21-4-1-3-16(11-21)23(31)28-14-19(15-28)29-13-18(25-26-29)12-27-10-2-5-22(27)30/h1,3-4,6-9,11,13,19H,2,5,10,12,14-15H2. The number of carbonyl (C=O) groups excluding carboxylic acids is 2. The second kappa shape index (κ2) is 8.41. The Morgan fingerprint density at radius 2 is 1.94 bits per heavy atom. The third-order valence-corrected chi connectivity index (χ3v) is 5.74. The summed E-state index contributed by atoms with van der Waals surface area (Å²) in [7, 11) is 0. The smallest absolute Gasteiger partial charge is 0.254 e. The Hall–Kier alpha value is -3.75. The lowest BCUT2D eigenvalue weighted by Crippen LogP contribution is -2.50. The van der Waals surface area contributed by atoms with E-state index in [9.17, 15) is 14.0 Å². The van der Waals surface area contributed by atoms with Gasteiger partial charge in [-0.3, -0.25) is 9.59 Å². The molecule has 1 aromatic heterocycles. The fraction of sp³-hybridized carbons (Fsp3) is 0.304. The van der Waals surface area contributed by atoms with E-state index in [1.165, 1.54) is 24.3 Å². The van der Waals surface area contributed by atoms with Gasteiger partial charge in [0.1, 0.15) is 23.0 Å². The van der Waals surface area contributed by atoms with Crippen molar-refractivity contribution < 1.29 is 18.7 Å². The minimum atomic E-state index is -0.336. The first kappa shape index (κ1) is 20.2. The molecular formula is C23H22FN5O3. The zero-order valence-electron chi connectivity index (χ0n) is 17.4. The van der Waals surface area contributed by atoms with Gasteiger partial charge in [-0.05, 0) is 48.9 Å². The monoisotopic (exact) mass is 435 g/mol. The molecule has 32 heavy (non-hydrogen) atoms. The third kappa shape index (κ3) is 4.18. The summed E-state index contributed by atoms with van der Waals surface area (Å²) >= 11 is 0. The van der Waals surface area contributed by atoms with Gasteiger partial charge in [-0.2, -0.15) is 0 Å². The lowest BCUT2D eigenvalue weighted by Gasteiger charge is -2.38. The van der Waals surface area contributed by atoms with Gasteiger partial charge in [0.15, 0.2) is 0 Å². The van der Waals surface area contributed by atoms with Gasteiger partial charge < -0.3 is 14.5 Å². The van der Waals surface area contributed by atoms with Gasteiger partial charge in [0, 0.05) is 31.6 Å². The van der Waals surface area contributed by atoms with E-state index in [1.54, 1.807) is 38.7 Å². The van der Waals surface area contributed by atoms with Crippen molar-refractivity contribution >= 4 is 11.8 Å². The van der Waals surface area contributed by atoms with Crippen molar-refractivity contribution in [2.75, 3.05) is 19.6 Å². The van der Waals surface area contributed by atoms with Gasteiger partial charge in [-0.25, -0.2) is 9.07 Å². The molecule has 0 N–H and O–H groups in total. The SMILES string of the molecule is O=C1CCCN1Cc1cn(C2CN(C(=O)c3cccc(Oc4ccc(F)cc4)c3)C2)nn1. The van der Waals surface area contributed by atoms with Gasteiger partial charge in [0.05, 0.1) is 18.8 Å². The molecule has 2 aliphatic heterocycles. The summed E-state index contributed by atoms with van der Waals surface area (Å²) in [6.45, 7) is 2.32. The van der Waals surface area contributed by atoms with Gasteiger partial charge in [-0.15, -0.1) is 5.10 Å². The van der Waals surface area contributed by atoms with Crippen LogP contribution < -0.4 is 4.74 Å². The molecule has 5 rings (SSSR count). The summed E-state index contributed by atoms with van der Waals surface area (Å²) in [5.74, 6) is 0.742. The van der Waals surface area contributed by atoms with E-state index in [-0.39, 0.29) is 23.7 Å².